The number of alkyl halides is 1. The molecule has 0 unspecified atom stereocenters. The van der Waals surface area contributed by atoms with E-state index in [1.807, 2.05) is 18.2 Å². The van der Waals surface area contributed by atoms with Gasteiger partial charge in [0.1, 0.15) is 5.82 Å². The van der Waals surface area contributed by atoms with Crippen molar-refractivity contribution in [2.75, 3.05) is 25.1 Å². The first-order valence-corrected chi connectivity index (χ1v) is 5.63. The quantitative estimate of drug-likeness (QED) is 0.724. The van der Waals surface area contributed by atoms with Gasteiger partial charge >= 0.3 is 0 Å². The van der Waals surface area contributed by atoms with E-state index in [0.29, 0.717) is 11.3 Å². The summed E-state index contributed by atoms with van der Waals surface area (Å²) in [6.45, 7) is 1.96. The molecule has 1 fully saturated rings. The van der Waals surface area contributed by atoms with Gasteiger partial charge in [0.2, 0.25) is 5.88 Å². The maximum atomic E-state index is 6.06. The molecule has 82 valence electrons. The zero-order valence-electron chi connectivity index (χ0n) is 8.82. The lowest BCUT2D eigenvalue weighted by Gasteiger charge is -2.30. The minimum absolute atomic E-state index is 0.326. The van der Waals surface area contributed by atoms with Crippen LogP contribution in [0.1, 0.15) is 12.8 Å². The zero-order valence-corrected chi connectivity index (χ0v) is 9.57. The molecule has 0 amide bonds. The molecule has 0 N–H and O–H groups in total. The summed E-state index contributed by atoms with van der Waals surface area (Å²) in [5.41, 5.74) is 0. The molecule has 0 aromatic carbocycles. The van der Waals surface area contributed by atoms with E-state index in [0.717, 1.165) is 31.7 Å². The fourth-order valence-electron chi connectivity index (χ4n) is 1.77. The highest BCUT2D eigenvalue weighted by Gasteiger charge is 2.18. The number of hydrogen-bond donors (Lipinski definition) is 0. The smallest absolute Gasteiger partial charge is 0.214 e. The van der Waals surface area contributed by atoms with Crippen LogP contribution in [-0.2, 0) is 0 Å². The lowest BCUT2D eigenvalue weighted by molar-refractivity contribution is 0.397. The number of nitrogens with zero attached hydrogens (tertiary/aromatic N) is 2. The summed E-state index contributed by atoms with van der Waals surface area (Å²) in [7, 11) is 1.64. The number of halogens is 1. The van der Waals surface area contributed by atoms with Gasteiger partial charge in [0, 0.05) is 24.5 Å². The highest BCUT2D eigenvalue weighted by molar-refractivity contribution is 6.20. The highest BCUT2D eigenvalue weighted by Crippen LogP contribution is 2.22. The Morgan fingerprint density at radius 2 is 2.13 bits per heavy atom. The number of ether oxygens (including phenoxy) is 1. The predicted octanol–water partition coefficient (Wildman–Crippen LogP) is 2.30. The Morgan fingerprint density at radius 3 is 2.80 bits per heavy atom. The van der Waals surface area contributed by atoms with Crippen LogP contribution in [0.2, 0.25) is 0 Å². The molecule has 2 heterocycles. The Bertz CT molecular complexity index is 324. The molecular formula is C11H15ClN2O. The normalized spacial score (nSPS) is 17.9. The van der Waals surface area contributed by atoms with Gasteiger partial charge < -0.3 is 9.64 Å². The van der Waals surface area contributed by atoms with Crippen molar-refractivity contribution in [3.05, 3.63) is 18.2 Å². The summed E-state index contributed by atoms with van der Waals surface area (Å²) in [5, 5.41) is 0.326. The number of hydrogen-bond acceptors (Lipinski definition) is 3. The molecule has 0 radical (unpaired) electrons. The van der Waals surface area contributed by atoms with Crippen LogP contribution in [-0.4, -0.2) is 30.6 Å². The largest absolute Gasteiger partial charge is 0.481 e. The Kier molecular flexibility index (Phi) is 3.31. The molecule has 0 saturated carbocycles. The Morgan fingerprint density at radius 1 is 1.40 bits per heavy atom. The number of aromatic nitrogens is 1. The molecule has 1 aliphatic heterocycles. The second kappa shape index (κ2) is 4.71. The van der Waals surface area contributed by atoms with Gasteiger partial charge in [-0.2, -0.15) is 4.98 Å². The Labute approximate surface area is 95.0 Å². The van der Waals surface area contributed by atoms with Crippen molar-refractivity contribution < 1.29 is 4.74 Å². The predicted molar refractivity (Wildman–Crippen MR) is 61.9 cm³/mol. The summed E-state index contributed by atoms with van der Waals surface area (Å²) in [6, 6.07) is 5.84. The van der Waals surface area contributed by atoms with Crippen molar-refractivity contribution in [1.29, 1.82) is 0 Å². The molecule has 0 spiro atoms. The van der Waals surface area contributed by atoms with E-state index >= 15 is 0 Å². The summed E-state index contributed by atoms with van der Waals surface area (Å²) in [6.07, 6.45) is 2.06. The average Bonchev–Trinajstić information content (AvgIpc) is 2.30. The first-order valence-electron chi connectivity index (χ1n) is 5.19. The monoisotopic (exact) mass is 226 g/mol. The maximum absolute atomic E-state index is 6.06. The van der Waals surface area contributed by atoms with Crippen LogP contribution in [0.3, 0.4) is 0 Å². The van der Waals surface area contributed by atoms with Gasteiger partial charge in [-0.05, 0) is 18.9 Å². The molecule has 1 aliphatic rings. The molecule has 4 heteroatoms. The van der Waals surface area contributed by atoms with E-state index in [-0.39, 0.29) is 0 Å². The lowest BCUT2D eigenvalue weighted by atomic mass is 10.1. The van der Waals surface area contributed by atoms with Crippen molar-refractivity contribution in [3.63, 3.8) is 0 Å². The number of methoxy groups -OCH3 is 1. The second-order valence-electron chi connectivity index (χ2n) is 3.70. The Balaban J connectivity index is 2.08. The van der Waals surface area contributed by atoms with Crippen LogP contribution in [0, 0.1) is 0 Å². The number of pyridine rings is 1. The van der Waals surface area contributed by atoms with E-state index < -0.39 is 0 Å². The highest BCUT2D eigenvalue weighted by atomic mass is 35.5. The van der Waals surface area contributed by atoms with Gasteiger partial charge in [-0.15, -0.1) is 11.6 Å². The first-order chi connectivity index (χ1) is 7.29. The molecular weight excluding hydrogens is 212 g/mol. The van der Waals surface area contributed by atoms with Gasteiger partial charge in [0.05, 0.1) is 7.11 Å². The third-order valence-corrected chi connectivity index (χ3v) is 3.10. The molecule has 1 aromatic rings. The van der Waals surface area contributed by atoms with Crippen LogP contribution < -0.4 is 9.64 Å². The fraction of sp³-hybridized carbons (Fsp3) is 0.545. The van der Waals surface area contributed by atoms with Crippen LogP contribution in [0.5, 0.6) is 5.88 Å². The Hall–Kier alpha value is -0.960. The van der Waals surface area contributed by atoms with E-state index in [2.05, 4.69) is 9.88 Å². The lowest BCUT2D eigenvalue weighted by Crippen LogP contribution is -2.34. The molecule has 2 rings (SSSR count). The van der Waals surface area contributed by atoms with E-state index in [1.165, 1.54) is 0 Å². The van der Waals surface area contributed by atoms with Crippen molar-refractivity contribution in [2.45, 2.75) is 18.2 Å². The van der Waals surface area contributed by atoms with Gasteiger partial charge in [0.15, 0.2) is 0 Å². The zero-order chi connectivity index (χ0) is 10.7. The van der Waals surface area contributed by atoms with Gasteiger partial charge in [-0.3, -0.25) is 0 Å². The van der Waals surface area contributed by atoms with Crippen LogP contribution in [0.4, 0.5) is 5.82 Å². The first kappa shape index (κ1) is 10.6. The number of anilines is 1. The minimum Gasteiger partial charge on any atom is -0.481 e. The molecule has 15 heavy (non-hydrogen) atoms. The van der Waals surface area contributed by atoms with Gasteiger partial charge in [0.25, 0.3) is 0 Å². The number of piperidine rings is 1. The molecule has 0 bridgehead atoms. The molecule has 1 aromatic heterocycles. The summed E-state index contributed by atoms with van der Waals surface area (Å²) >= 11 is 6.06. The third kappa shape index (κ3) is 2.53. The molecule has 3 nitrogen and oxygen atoms in total. The van der Waals surface area contributed by atoms with Gasteiger partial charge in [-0.25, -0.2) is 0 Å². The molecule has 0 aliphatic carbocycles. The molecule has 0 atom stereocenters. The standard InChI is InChI=1S/C11H15ClN2O/c1-15-11-4-2-3-10(13-11)14-7-5-9(12)6-8-14/h2-4,9H,5-8H2,1H3. The van der Waals surface area contributed by atoms with E-state index in [9.17, 15) is 0 Å². The van der Waals surface area contributed by atoms with E-state index in [4.69, 9.17) is 16.3 Å². The topological polar surface area (TPSA) is 25.4 Å². The van der Waals surface area contributed by atoms with Crippen LogP contribution in [0.25, 0.3) is 0 Å². The number of rotatable bonds is 2. The summed E-state index contributed by atoms with van der Waals surface area (Å²) in [5.74, 6) is 1.65. The SMILES string of the molecule is COc1cccc(N2CCC(Cl)CC2)n1. The fourth-order valence-corrected chi connectivity index (χ4v) is 1.97. The third-order valence-electron chi connectivity index (χ3n) is 2.67. The second-order valence-corrected chi connectivity index (χ2v) is 4.32. The maximum Gasteiger partial charge on any atom is 0.214 e. The average molecular weight is 227 g/mol. The van der Waals surface area contributed by atoms with Crippen LogP contribution >= 0.6 is 11.6 Å². The minimum atomic E-state index is 0.326. The van der Waals surface area contributed by atoms with Crippen molar-refractivity contribution in [1.82, 2.24) is 4.98 Å². The van der Waals surface area contributed by atoms with Crippen molar-refractivity contribution in [2.24, 2.45) is 0 Å². The van der Waals surface area contributed by atoms with Gasteiger partial charge in [-0.1, -0.05) is 6.07 Å². The summed E-state index contributed by atoms with van der Waals surface area (Å²) < 4.78 is 5.10. The van der Waals surface area contributed by atoms with Crippen molar-refractivity contribution in [3.8, 4) is 5.88 Å². The van der Waals surface area contributed by atoms with E-state index in [1.54, 1.807) is 7.11 Å². The molecule has 1 saturated heterocycles. The summed E-state index contributed by atoms with van der Waals surface area (Å²) in [4.78, 5) is 6.65. The van der Waals surface area contributed by atoms with Crippen molar-refractivity contribution >= 4 is 17.4 Å². The van der Waals surface area contributed by atoms with Crippen LogP contribution in [0.15, 0.2) is 18.2 Å².